The van der Waals surface area contributed by atoms with Crippen LogP contribution in [0.25, 0.3) is 0 Å². The molecule has 3 heterocycles. The average Bonchev–Trinajstić information content (AvgIpc) is 3.41. The van der Waals surface area contributed by atoms with Crippen LogP contribution in [-0.2, 0) is 4.79 Å². The average molecular weight is 434 g/mol. The molecule has 8 heteroatoms. The number of aromatic nitrogens is 1. The standard InChI is InChI=1S/C24H27N5O3/c1-17(2)19-3-5-20(6-4-19)29-12-11-28(24(29)31)16-23(30)27-10-8-21(15-27)32-22-13-18(14-25)7-9-26-22/h3-7,9,13,17,21H,8,10-12,15-16H2,1-2H3. The number of anilines is 1. The molecule has 2 aromatic rings. The third-order valence-electron chi connectivity index (χ3n) is 5.94. The minimum atomic E-state index is -0.175. The number of nitrogens with zero attached hydrogens (tertiary/aromatic N) is 5. The number of hydrogen-bond donors (Lipinski definition) is 0. The zero-order valence-corrected chi connectivity index (χ0v) is 18.4. The number of ether oxygens (including phenoxy) is 1. The van der Waals surface area contributed by atoms with E-state index in [1.54, 1.807) is 26.8 Å². The van der Waals surface area contributed by atoms with Gasteiger partial charge in [-0.05, 0) is 29.7 Å². The third kappa shape index (κ3) is 4.67. The molecular weight excluding hydrogens is 406 g/mol. The Hall–Kier alpha value is -3.60. The SMILES string of the molecule is CC(C)c1ccc(N2CCN(CC(=O)N3CCC(Oc4cc(C#N)ccn4)C3)C2=O)cc1. The van der Waals surface area contributed by atoms with Gasteiger partial charge >= 0.3 is 6.03 Å². The zero-order chi connectivity index (χ0) is 22.7. The molecule has 1 aromatic heterocycles. The summed E-state index contributed by atoms with van der Waals surface area (Å²) in [5.41, 5.74) is 2.57. The van der Waals surface area contributed by atoms with Gasteiger partial charge in [0.05, 0.1) is 18.2 Å². The van der Waals surface area contributed by atoms with Crippen molar-refractivity contribution in [2.24, 2.45) is 0 Å². The van der Waals surface area contributed by atoms with Crippen LogP contribution in [0.3, 0.4) is 0 Å². The van der Waals surface area contributed by atoms with E-state index in [4.69, 9.17) is 10.00 Å². The maximum Gasteiger partial charge on any atom is 0.325 e. The lowest BCUT2D eigenvalue weighted by Gasteiger charge is -2.22. The largest absolute Gasteiger partial charge is 0.472 e. The highest BCUT2D eigenvalue weighted by Gasteiger charge is 2.34. The van der Waals surface area contributed by atoms with Crippen molar-refractivity contribution in [1.82, 2.24) is 14.8 Å². The number of benzene rings is 1. The van der Waals surface area contributed by atoms with Gasteiger partial charge in [0.15, 0.2) is 0 Å². The van der Waals surface area contributed by atoms with Gasteiger partial charge in [0.1, 0.15) is 12.6 Å². The van der Waals surface area contributed by atoms with Gasteiger partial charge in [0, 0.05) is 44.0 Å². The maximum absolute atomic E-state index is 12.9. The second-order valence-electron chi connectivity index (χ2n) is 8.46. The number of pyridine rings is 1. The molecule has 2 fully saturated rings. The van der Waals surface area contributed by atoms with Gasteiger partial charge in [0.25, 0.3) is 0 Å². The molecule has 2 aliphatic rings. The van der Waals surface area contributed by atoms with E-state index in [1.165, 1.54) is 11.8 Å². The molecule has 1 unspecified atom stereocenters. The summed E-state index contributed by atoms with van der Waals surface area (Å²) >= 11 is 0. The molecule has 0 spiro atoms. The lowest BCUT2D eigenvalue weighted by molar-refractivity contribution is -0.130. The fourth-order valence-electron chi connectivity index (χ4n) is 4.04. The molecule has 166 valence electrons. The summed E-state index contributed by atoms with van der Waals surface area (Å²) in [6, 6.07) is 13.2. The first kappa shape index (κ1) is 21.6. The number of hydrogen-bond acceptors (Lipinski definition) is 5. The number of urea groups is 1. The van der Waals surface area contributed by atoms with Gasteiger partial charge in [-0.2, -0.15) is 5.26 Å². The molecule has 0 bridgehead atoms. The minimum Gasteiger partial charge on any atom is -0.472 e. The first-order valence-corrected chi connectivity index (χ1v) is 10.9. The van der Waals surface area contributed by atoms with E-state index in [2.05, 4.69) is 24.9 Å². The summed E-state index contributed by atoms with van der Waals surface area (Å²) in [5, 5.41) is 9.00. The normalized spacial score (nSPS) is 18.4. The van der Waals surface area contributed by atoms with Crippen molar-refractivity contribution in [3.8, 4) is 11.9 Å². The van der Waals surface area contributed by atoms with Gasteiger partial charge in [-0.3, -0.25) is 9.69 Å². The Balaban J connectivity index is 1.30. The molecule has 0 aliphatic carbocycles. The van der Waals surface area contributed by atoms with Crippen LogP contribution in [0, 0.1) is 11.3 Å². The number of rotatable bonds is 6. The number of carbonyl (C=O) groups excluding carboxylic acids is 2. The van der Waals surface area contributed by atoms with Crippen molar-refractivity contribution in [3.05, 3.63) is 53.7 Å². The Morgan fingerprint density at radius 3 is 2.72 bits per heavy atom. The molecule has 0 N–H and O–H groups in total. The lowest BCUT2D eigenvalue weighted by atomic mass is 10.0. The fourth-order valence-corrected chi connectivity index (χ4v) is 4.04. The Bertz CT molecular complexity index is 1030. The summed E-state index contributed by atoms with van der Waals surface area (Å²) in [6.45, 7) is 6.45. The highest BCUT2D eigenvalue weighted by Crippen LogP contribution is 2.24. The highest BCUT2D eigenvalue weighted by molar-refractivity contribution is 5.96. The molecule has 3 amide bonds. The smallest absolute Gasteiger partial charge is 0.325 e. The second-order valence-corrected chi connectivity index (χ2v) is 8.46. The summed E-state index contributed by atoms with van der Waals surface area (Å²) in [5.74, 6) is 0.740. The monoisotopic (exact) mass is 433 g/mol. The second kappa shape index (κ2) is 9.27. The van der Waals surface area contributed by atoms with Crippen molar-refractivity contribution in [3.63, 3.8) is 0 Å². The number of amides is 3. The molecule has 2 aliphatic heterocycles. The van der Waals surface area contributed by atoms with Crippen molar-refractivity contribution < 1.29 is 14.3 Å². The number of nitriles is 1. The van der Waals surface area contributed by atoms with Crippen LogP contribution >= 0.6 is 0 Å². The van der Waals surface area contributed by atoms with Gasteiger partial charge in [-0.1, -0.05) is 26.0 Å². The third-order valence-corrected chi connectivity index (χ3v) is 5.94. The summed E-state index contributed by atoms with van der Waals surface area (Å²) in [4.78, 5) is 34.9. The predicted molar refractivity (Wildman–Crippen MR) is 119 cm³/mol. The minimum absolute atomic E-state index is 0.0638. The summed E-state index contributed by atoms with van der Waals surface area (Å²) in [7, 11) is 0. The lowest BCUT2D eigenvalue weighted by Crippen LogP contribution is -2.42. The molecule has 4 rings (SSSR count). The summed E-state index contributed by atoms with van der Waals surface area (Å²) in [6.07, 6.45) is 2.05. The van der Waals surface area contributed by atoms with Crippen molar-refractivity contribution >= 4 is 17.6 Å². The van der Waals surface area contributed by atoms with E-state index in [0.29, 0.717) is 50.0 Å². The van der Waals surface area contributed by atoms with Crippen molar-refractivity contribution in [2.45, 2.75) is 32.3 Å². The molecule has 1 aromatic carbocycles. The van der Waals surface area contributed by atoms with E-state index in [0.717, 1.165) is 5.69 Å². The highest BCUT2D eigenvalue weighted by atomic mass is 16.5. The van der Waals surface area contributed by atoms with Crippen LogP contribution in [0.1, 0.15) is 37.3 Å². The number of carbonyl (C=O) groups is 2. The Labute approximate surface area is 188 Å². The molecule has 0 saturated carbocycles. The van der Waals surface area contributed by atoms with E-state index >= 15 is 0 Å². The van der Waals surface area contributed by atoms with Crippen LogP contribution in [0.4, 0.5) is 10.5 Å². The molecule has 2 saturated heterocycles. The predicted octanol–water partition coefficient (Wildman–Crippen LogP) is 3.00. The molecule has 8 nitrogen and oxygen atoms in total. The quantitative estimate of drug-likeness (QED) is 0.699. The van der Waals surface area contributed by atoms with Gasteiger partial charge in [-0.15, -0.1) is 0 Å². The van der Waals surface area contributed by atoms with Crippen LogP contribution in [0.15, 0.2) is 42.6 Å². The maximum atomic E-state index is 12.9. The zero-order valence-electron chi connectivity index (χ0n) is 18.4. The van der Waals surface area contributed by atoms with Crippen LogP contribution < -0.4 is 9.64 Å². The Kier molecular flexibility index (Phi) is 6.26. The Morgan fingerprint density at radius 2 is 2.00 bits per heavy atom. The van der Waals surface area contributed by atoms with Crippen molar-refractivity contribution in [2.75, 3.05) is 37.6 Å². The summed E-state index contributed by atoms with van der Waals surface area (Å²) < 4.78 is 5.85. The molecule has 0 radical (unpaired) electrons. The number of likely N-dealkylation sites (tertiary alicyclic amines) is 1. The Morgan fingerprint density at radius 1 is 1.22 bits per heavy atom. The first-order chi connectivity index (χ1) is 15.4. The molecular formula is C24H27N5O3. The molecule has 32 heavy (non-hydrogen) atoms. The van der Waals surface area contributed by atoms with Crippen molar-refractivity contribution in [1.29, 1.82) is 5.26 Å². The fraction of sp³-hybridized carbons (Fsp3) is 0.417. The van der Waals surface area contributed by atoms with E-state index in [-0.39, 0.29) is 24.6 Å². The molecule has 1 atom stereocenters. The van der Waals surface area contributed by atoms with Gasteiger partial charge in [0.2, 0.25) is 11.8 Å². The van der Waals surface area contributed by atoms with Crippen LogP contribution in [0.5, 0.6) is 5.88 Å². The van der Waals surface area contributed by atoms with Crippen LogP contribution in [0.2, 0.25) is 0 Å². The van der Waals surface area contributed by atoms with E-state index in [9.17, 15) is 9.59 Å². The van der Waals surface area contributed by atoms with E-state index < -0.39 is 0 Å². The van der Waals surface area contributed by atoms with E-state index in [1.807, 2.05) is 24.3 Å². The van der Waals surface area contributed by atoms with Gasteiger partial charge in [-0.25, -0.2) is 9.78 Å². The van der Waals surface area contributed by atoms with Gasteiger partial charge < -0.3 is 14.5 Å². The van der Waals surface area contributed by atoms with Crippen LogP contribution in [-0.4, -0.2) is 65.5 Å². The topological polar surface area (TPSA) is 89.8 Å². The first-order valence-electron chi connectivity index (χ1n) is 10.9.